The summed E-state index contributed by atoms with van der Waals surface area (Å²) in [5.41, 5.74) is 2.78. The van der Waals surface area contributed by atoms with Crippen LogP contribution in [0.25, 0.3) is 16.9 Å². The average molecular weight is 492 g/mol. The largest absolute Gasteiger partial charge is 0.434 e. The Morgan fingerprint density at radius 2 is 1.92 bits per heavy atom. The SMILES string of the molecule is CN1C(=O)c2cccc(OC(F)F)c2C2CC1c1nc3ccc(-c4cnc(C(C)(C)O)nc4)nn3c12. The zero-order valence-corrected chi connectivity index (χ0v) is 19.7. The van der Waals surface area contributed by atoms with Crippen molar-refractivity contribution in [2.24, 2.45) is 0 Å². The molecule has 4 heterocycles. The van der Waals surface area contributed by atoms with Crippen LogP contribution in [0.2, 0.25) is 0 Å². The Labute approximate surface area is 204 Å². The van der Waals surface area contributed by atoms with Crippen molar-refractivity contribution in [2.75, 3.05) is 7.05 Å². The number of hydrogen-bond acceptors (Lipinski definition) is 7. The molecule has 1 aliphatic carbocycles. The van der Waals surface area contributed by atoms with E-state index in [2.05, 4.69) is 9.97 Å². The number of hydrogen-bond donors (Lipinski definition) is 1. The van der Waals surface area contributed by atoms with Gasteiger partial charge in [0.2, 0.25) is 0 Å². The van der Waals surface area contributed by atoms with Crippen molar-refractivity contribution in [2.45, 2.75) is 44.4 Å². The zero-order chi connectivity index (χ0) is 25.4. The summed E-state index contributed by atoms with van der Waals surface area (Å²) in [5, 5.41) is 14.9. The van der Waals surface area contributed by atoms with Crippen LogP contribution in [-0.4, -0.2) is 54.1 Å². The van der Waals surface area contributed by atoms with Gasteiger partial charge >= 0.3 is 6.61 Å². The molecular weight excluding hydrogens is 470 g/mol. The predicted molar refractivity (Wildman–Crippen MR) is 124 cm³/mol. The number of imidazole rings is 1. The Kier molecular flexibility index (Phi) is 4.84. The van der Waals surface area contributed by atoms with E-state index in [0.717, 1.165) is 5.69 Å². The Morgan fingerprint density at radius 1 is 1.17 bits per heavy atom. The van der Waals surface area contributed by atoms with Gasteiger partial charge in [0.25, 0.3) is 5.91 Å². The van der Waals surface area contributed by atoms with Gasteiger partial charge in [-0.3, -0.25) is 4.79 Å². The van der Waals surface area contributed by atoms with Crippen molar-refractivity contribution in [3.63, 3.8) is 0 Å². The Bertz CT molecular complexity index is 1510. The molecule has 0 saturated carbocycles. The third kappa shape index (κ3) is 3.34. The van der Waals surface area contributed by atoms with Crippen LogP contribution in [0.4, 0.5) is 8.78 Å². The summed E-state index contributed by atoms with van der Waals surface area (Å²) < 4.78 is 33.1. The highest BCUT2D eigenvalue weighted by Gasteiger charge is 2.46. The van der Waals surface area contributed by atoms with E-state index in [1.54, 1.807) is 67.0 Å². The molecule has 0 fully saturated rings. The van der Waals surface area contributed by atoms with E-state index in [0.29, 0.717) is 40.1 Å². The number of benzene rings is 1. The van der Waals surface area contributed by atoms with Gasteiger partial charge in [-0.1, -0.05) is 6.07 Å². The summed E-state index contributed by atoms with van der Waals surface area (Å²) in [6.45, 7) is 0.184. The minimum Gasteiger partial charge on any atom is -0.434 e. The number of fused-ring (bicyclic) bond motifs is 9. The quantitative estimate of drug-likeness (QED) is 0.463. The molecule has 1 aromatic carbocycles. The summed E-state index contributed by atoms with van der Waals surface area (Å²) >= 11 is 0. The normalized spacial score (nSPS) is 19.0. The van der Waals surface area contributed by atoms with Gasteiger partial charge < -0.3 is 14.7 Å². The summed E-state index contributed by atoms with van der Waals surface area (Å²) in [6, 6.07) is 7.91. The number of nitrogens with zero attached hydrogens (tertiary/aromatic N) is 6. The van der Waals surface area contributed by atoms with E-state index in [4.69, 9.17) is 14.8 Å². The lowest BCUT2D eigenvalue weighted by molar-refractivity contribution is -0.0506. The number of amides is 1. The molecule has 1 aliphatic heterocycles. The van der Waals surface area contributed by atoms with Crippen molar-refractivity contribution in [1.29, 1.82) is 0 Å². The Morgan fingerprint density at radius 3 is 2.61 bits per heavy atom. The summed E-state index contributed by atoms with van der Waals surface area (Å²) in [7, 11) is 1.69. The molecular formula is C25H22F2N6O3. The van der Waals surface area contributed by atoms with Crippen LogP contribution in [-0.2, 0) is 5.60 Å². The van der Waals surface area contributed by atoms with Crippen LogP contribution in [0.1, 0.15) is 65.4 Å². The van der Waals surface area contributed by atoms with Crippen LogP contribution >= 0.6 is 0 Å². The molecule has 2 aliphatic rings. The molecule has 11 heteroatoms. The maximum Gasteiger partial charge on any atom is 0.387 e. The molecule has 2 atom stereocenters. The van der Waals surface area contributed by atoms with Gasteiger partial charge in [0, 0.05) is 42.0 Å². The molecule has 2 bridgehead atoms. The van der Waals surface area contributed by atoms with E-state index >= 15 is 0 Å². The third-order valence-corrected chi connectivity index (χ3v) is 6.79. The molecule has 6 rings (SSSR count). The number of carbonyl (C=O) groups excluding carboxylic acids is 1. The molecule has 184 valence electrons. The highest BCUT2D eigenvalue weighted by molar-refractivity contribution is 5.98. The fourth-order valence-corrected chi connectivity index (χ4v) is 5.13. The van der Waals surface area contributed by atoms with Gasteiger partial charge in [0.1, 0.15) is 11.4 Å². The first kappa shape index (κ1) is 22.5. The lowest BCUT2D eigenvalue weighted by Crippen LogP contribution is -2.30. The lowest BCUT2D eigenvalue weighted by atomic mass is 9.91. The van der Waals surface area contributed by atoms with Gasteiger partial charge in [-0.15, -0.1) is 0 Å². The minimum absolute atomic E-state index is 0.0236. The van der Waals surface area contributed by atoms with Crippen LogP contribution in [0.15, 0.2) is 42.7 Å². The first-order chi connectivity index (χ1) is 17.1. The predicted octanol–water partition coefficient (Wildman–Crippen LogP) is 3.68. The van der Waals surface area contributed by atoms with Gasteiger partial charge in [0.05, 0.1) is 23.1 Å². The molecule has 9 nitrogen and oxygen atoms in total. The maximum atomic E-state index is 13.3. The fraction of sp³-hybridized carbons (Fsp3) is 0.320. The number of carbonyl (C=O) groups is 1. The highest BCUT2D eigenvalue weighted by atomic mass is 19.3. The van der Waals surface area contributed by atoms with E-state index in [1.165, 1.54) is 6.07 Å². The smallest absolute Gasteiger partial charge is 0.387 e. The molecule has 4 aromatic rings. The standard InChI is InChI=1S/C25H22F2N6O3/c1-25(2,35)23-28-10-12(11-29-23)15-7-8-18-30-20-16-9-14(21(20)33(18)31-15)19-13(22(34)32(16)3)5-4-6-17(19)36-24(26)27/h4-8,10-11,14,16,24,35H,9H2,1-3H3. The summed E-state index contributed by atoms with van der Waals surface area (Å²) in [5.74, 6) is -0.422. The summed E-state index contributed by atoms with van der Waals surface area (Å²) in [6.07, 6.45) is 3.66. The Balaban J connectivity index is 1.52. The molecule has 0 saturated heterocycles. The fourth-order valence-electron chi connectivity index (χ4n) is 5.13. The number of aromatic nitrogens is 5. The van der Waals surface area contributed by atoms with E-state index in [9.17, 15) is 18.7 Å². The zero-order valence-electron chi connectivity index (χ0n) is 19.7. The monoisotopic (exact) mass is 492 g/mol. The van der Waals surface area contributed by atoms with Gasteiger partial charge in [-0.25, -0.2) is 19.5 Å². The molecule has 0 spiro atoms. The second-order valence-corrected chi connectivity index (χ2v) is 9.54. The van der Waals surface area contributed by atoms with Gasteiger partial charge in [-0.2, -0.15) is 13.9 Å². The number of ether oxygens (including phenoxy) is 1. The van der Waals surface area contributed by atoms with Crippen molar-refractivity contribution >= 4 is 11.6 Å². The average Bonchev–Trinajstić information content (AvgIpc) is 3.36. The topological polar surface area (TPSA) is 106 Å². The molecule has 1 N–H and O–H groups in total. The van der Waals surface area contributed by atoms with Gasteiger partial charge in [0.15, 0.2) is 11.5 Å². The second-order valence-electron chi connectivity index (χ2n) is 9.54. The van der Waals surface area contributed by atoms with Crippen LogP contribution in [0, 0.1) is 0 Å². The molecule has 0 radical (unpaired) electrons. The van der Waals surface area contributed by atoms with Crippen molar-refractivity contribution in [3.05, 3.63) is 71.1 Å². The minimum atomic E-state index is -3.02. The molecule has 2 unspecified atom stereocenters. The van der Waals surface area contributed by atoms with Crippen molar-refractivity contribution < 1.29 is 23.4 Å². The first-order valence-electron chi connectivity index (χ1n) is 11.4. The van der Waals surface area contributed by atoms with Gasteiger partial charge in [-0.05, 0) is 44.5 Å². The number of alkyl halides is 2. The number of rotatable bonds is 4. The highest BCUT2D eigenvalue weighted by Crippen LogP contribution is 2.52. The van der Waals surface area contributed by atoms with E-state index in [1.807, 2.05) is 0 Å². The maximum absolute atomic E-state index is 13.3. The number of halogens is 2. The first-order valence-corrected chi connectivity index (χ1v) is 11.4. The molecule has 1 amide bonds. The van der Waals surface area contributed by atoms with E-state index in [-0.39, 0.29) is 23.5 Å². The second kappa shape index (κ2) is 7.76. The summed E-state index contributed by atoms with van der Waals surface area (Å²) in [4.78, 5) is 28.1. The van der Waals surface area contributed by atoms with Crippen molar-refractivity contribution in [3.8, 4) is 17.0 Å². The molecule has 3 aromatic heterocycles. The third-order valence-electron chi connectivity index (χ3n) is 6.79. The number of aliphatic hydroxyl groups is 1. The van der Waals surface area contributed by atoms with Crippen molar-refractivity contribution in [1.82, 2.24) is 29.5 Å². The lowest BCUT2D eigenvalue weighted by Gasteiger charge is -2.23. The molecule has 36 heavy (non-hydrogen) atoms. The van der Waals surface area contributed by atoms with E-state index < -0.39 is 18.1 Å². The van der Waals surface area contributed by atoms with Crippen LogP contribution < -0.4 is 4.74 Å². The van der Waals surface area contributed by atoms with Crippen LogP contribution in [0.5, 0.6) is 5.75 Å². The Hall–Kier alpha value is -3.99. The van der Waals surface area contributed by atoms with Crippen LogP contribution in [0.3, 0.4) is 0 Å².